The van der Waals surface area contributed by atoms with Crippen molar-refractivity contribution in [1.29, 1.82) is 0 Å². The number of methoxy groups -OCH3 is 1. The van der Waals surface area contributed by atoms with Crippen molar-refractivity contribution < 1.29 is 17.9 Å². The van der Waals surface area contributed by atoms with E-state index in [1.54, 1.807) is 25.3 Å². The molecule has 1 aromatic carbocycles. The molecule has 3 heterocycles. The maximum atomic E-state index is 13.4. The van der Waals surface area contributed by atoms with Gasteiger partial charge in [-0.15, -0.1) is 0 Å². The Labute approximate surface area is 150 Å². The number of halogens is 3. The molecule has 0 fully saturated rings. The molecule has 0 saturated heterocycles. The molecule has 0 N–H and O–H groups in total. The number of imidazole rings is 1. The molecule has 0 saturated carbocycles. The van der Waals surface area contributed by atoms with E-state index in [0.717, 1.165) is 12.1 Å². The molecule has 0 bridgehead atoms. The van der Waals surface area contributed by atoms with Crippen molar-refractivity contribution >= 4 is 16.7 Å². The van der Waals surface area contributed by atoms with Gasteiger partial charge in [-0.1, -0.05) is 0 Å². The fourth-order valence-electron chi connectivity index (χ4n) is 3.13. The van der Waals surface area contributed by atoms with E-state index in [4.69, 9.17) is 4.74 Å². The van der Waals surface area contributed by atoms with Crippen LogP contribution in [0.3, 0.4) is 0 Å². The maximum absolute atomic E-state index is 13.4. The number of benzene rings is 1. The predicted molar refractivity (Wildman–Crippen MR) is 92.4 cm³/mol. The summed E-state index contributed by atoms with van der Waals surface area (Å²) >= 11 is 0. The molecule has 6 nitrogen and oxygen atoms in total. The highest BCUT2D eigenvalue weighted by molar-refractivity contribution is 5.87. The Hall–Kier alpha value is -3.36. The van der Waals surface area contributed by atoms with Crippen molar-refractivity contribution in [2.75, 3.05) is 7.11 Å². The average Bonchev–Trinajstić information content (AvgIpc) is 3.11. The van der Waals surface area contributed by atoms with E-state index in [9.17, 15) is 18.0 Å². The minimum absolute atomic E-state index is 0.0156. The highest BCUT2D eigenvalue weighted by Gasteiger charge is 2.33. The first kappa shape index (κ1) is 17.1. The standard InChI is InChI=1S/C18H13F3N4O2/c1-10-12(4-3-5-22-10)25-13-8-11(18(19,20)21)9-14(27-2)15(13)24-7-6-23-16(24)17(25)26/h3-9H,1-2H3. The largest absolute Gasteiger partial charge is 0.494 e. The number of hydrogen-bond acceptors (Lipinski definition) is 4. The van der Waals surface area contributed by atoms with Crippen LogP contribution in [0.2, 0.25) is 0 Å². The third-order valence-electron chi connectivity index (χ3n) is 4.34. The van der Waals surface area contributed by atoms with Crippen LogP contribution in [0.4, 0.5) is 13.2 Å². The van der Waals surface area contributed by atoms with Gasteiger partial charge in [0.25, 0.3) is 5.56 Å². The molecule has 0 aliphatic rings. The summed E-state index contributed by atoms with van der Waals surface area (Å²) < 4.78 is 48.1. The fourth-order valence-corrected chi connectivity index (χ4v) is 3.13. The Morgan fingerprint density at radius 3 is 2.59 bits per heavy atom. The third-order valence-corrected chi connectivity index (χ3v) is 4.34. The number of fused-ring (bicyclic) bond motifs is 3. The van der Waals surface area contributed by atoms with Crippen LogP contribution < -0.4 is 10.3 Å². The van der Waals surface area contributed by atoms with Crippen molar-refractivity contribution in [3.8, 4) is 11.4 Å². The summed E-state index contributed by atoms with van der Waals surface area (Å²) in [7, 11) is 1.28. The van der Waals surface area contributed by atoms with Gasteiger partial charge in [-0.2, -0.15) is 13.2 Å². The monoisotopic (exact) mass is 374 g/mol. The summed E-state index contributed by atoms with van der Waals surface area (Å²) in [5, 5.41) is 0. The molecule has 4 aromatic rings. The van der Waals surface area contributed by atoms with E-state index in [1.807, 2.05) is 0 Å². The molecule has 0 spiro atoms. The zero-order valence-corrected chi connectivity index (χ0v) is 14.3. The van der Waals surface area contributed by atoms with Crippen LogP contribution >= 0.6 is 0 Å². The lowest BCUT2D eigenvalue weighted by molar-refractivity contribution is -0.137. The van der Waals surface area contributed by atoms with Gasteiger partial charge in [0.15, 0.2) is 0 Å². The summed E-state index contributed by atoms with van der Waals surface area (Å²) in [5.74, 6) is -0.0156. The van der Waals surface area contributed by atoms with Gasteiger partial charge in [0.2, 0.25) is 5.65 Å². The molecule has 9 heteroatoms. The quantitative estimate of drug-likeness (QED) is 0.540. The van der Waals surface area contributed by atoms with Crippen LogP contribution in [0.5, 0.6) is 5.75 Å². The summed E-state index contributed by atoms with van der Waals surface area (Å²) in [6.07, 6.45) is -0.138. The number of aromatic nitrogens is 4. The Kier molecular flexibility index (Phi) is 3.69. The van der Waals surface area contributed by atoms with Gasteiger partial charge >= 0.3 is 6.18 Å². The van der Waals surface area contributed by atoms with Gasteiger partial charge in [-0.3, -0.25) is 18.7 Å². The normalized spacial score (nSPS) is 12.0. The van der Waals surface area contributed by atoms with Gasteiger partial charge in [-0.05, 0) is 31.2 Å². The van der Waals surface area contributed by atoms with Gasteiger partial charge in [0.1, 0.15) is 11.3 Å². The zero-order valence-electron chi connectivity index (χ0n) is 14.3. The lowest BCUT2D eigenvalue weighted by Crippen LogP contribution is -2.23. The molecule has 0 atom stereocenters. The topological polar surface area (TPSA) is 61.4 Å². The van der Waals surface area contributed by atoms with Gasteiger partial charge < -0.3 is 4.74 Å². The van der Waals surface area contributed by atoms with Crippen LogP contribution in [-0.4, -0.2) is 26.0 Å². The highest BCUT2D eigenvalue weighted by Crippen LogP contribution is 2.36. The molecule has 4 rings (SSSR count). The number of hydrogen-bond donors (Lipinski definition) is 0. The zero-order chi connectivity index (χ0) is 19.3. The van der Waals surface area contributed by atoms with Crippen molar-refractivity contribution in [1.82, 2.24) is 18.9 Å². The molecule has 3 aromatic heterocycles. The summed E-state index contributed by atoms with van der Waals surface area (Å²) in [6.45, 7) is 1.67. The first-order valence-electron chi connectivity index (χ1n) is 7.92. The van der Waals surface area contributed by atoms with Crippen LogP contribution in [0.1, 0.15) is 11.3 Å². The van der Waals surface area contributed by atoms with E-state index in [-0.39, 0.29) is 16.9 Å². The van der Waals surface area contributed by atoms with Crippen molar-refractivity contribution in [2.24, 2.45) is 0 Å². The first-order valence-corrected chi connectivity index (χ1v) is 7.92. The third kappa shape index (κ3) is 2.54. The number of rotatable bonds is 2. The molecular weight excluding hydrogens is 361 g/mol. The van der Waals surface area contributed by atoms with Gasteiger partial charge in [-0.25, -0.2) is 4.98 Å². The second-order valence-corrected chi connectivity index (χ2v) is 5.91. The van der Waals surface area contributed by atoms with E-state index in [2.05, 4.69) is 9.97 Å². The lowest BCUT2D eigenvalue weighted by Gasteiger charge is -2.17. The first-order chi connectivity index (χ1) is 12.8. The van der Waals surface area contributed by atoms with Gasteiger partial charge in [0.05, 0.1) is 29.6 Å². The number of aryl methyl sites for hydroxylation is 1. The molecule has 0 amide bonds. The second kappa shape index (κ2) is 5.83. The van der Waals surface area contributed by atoms with Crippen LogP contribution in [0.25, 0.3) is 22.4 Å². The van der Waals surface area contributed by atoms with Gasteiger partial charge in [0, 0.05) is 18.6 Å². The maximum Gasteiger partial charge on any atom is 0.416 e. The van der Waals surface area contributed by atoms with Crippen molar-refractivity contribution in [3.05, 3.63) is 64.5 Å². The van der Waals surface area contributed by atoms with E-state index >= 15 is 0 Å². The van der Waals surface area contributed by atoms with Crippen LogP contribution in [0, 0.1) is 6.92 Å². The summed E-state index contributed by atoms with van der Waals surface area (Å²) in [6, 6.07) is 5.08. The number of ether oxygens (including phenoxy) is 1. The summed E-state index contributed by atoms with van der Waals surface area (Å²) in [4.78, 5) is 21.3. The molecule has 0 aliphatic carbocycles. The molecule has 0 unspecified atom stereocenters. The molecule has 27 heavy (non-hydrogen) atoms. The minimum atomic E-state index is -4.60. The van der Waals surface area contributed by atoms with E-state index in [1.165, 1.54) is 28.5 Å². The molecule has 0 radical (unpaired) electrons. The molecule has 138 valence electrons. The van der Waals surface area contributed by atoms with Crippen LogP contribution in [-0.2, 0) is 6.18 Å². The molecule has 0 aliphatic heterocycles. The average molecular weight is 374 g/mol. The summed E-state index contributed by atoms with van der Waals surface area (Å²) in [5.41, 5.74) is -0.170. The predicted octanol–water partition coefficient (Wildman–Crippen LogP) is 3.37. The lowest BCUT2D eigenvalue weighted by atomic mass is 10.1. The minimum Gasteiger partial charge on any atom is -0.494 e. The Morgan fingerprint density at radius 1 is 1.15 bits per heavy atom. The van der Waals surface area contributed by atoms with E-state index < -0.39 is 17.3 Å². The number of pyridine rings is 1. The Bertz CT molecular complexity index is 1240. The van der Waals surface area contributed by atoms with Crippen LogP contribution in [0.15, 0.2) is 47.7 Å². The Morgan fingerprint density at radius 2 is 1.93 bits per heavy atom. The molecular formula is C18H13F3N4O2. The second-order valence-electron chi connectivity index (χ2n) is 5.91. The highest BCUT2D eigenvalue weighted by atomic mass is 19.4. The number of alkyl halides is 3. The van der Waals surface area contributed by atoms with Crippen molar-refractivity contribution in [2.45, 2.75) is 13.1 Å². The fraction of sp³-hybridized carbons (Fsp3) is 0.167. The van der Waals surface area contributed by atoms with Crippen molar-refractivity contribution in [3.63, 3.8) is 0 Å². The van der Waals surface area contributed by atoms with E-state index in [0.29, 0.717) is 16.9 Å². The number of nitrogens with zero attached hydrogens (tertiary/aromatic N) is 4. The smallest absolute Gasteiger partial charge is 0.416 e. The SMILES string of the molecule is COc1cc(C(F)(F)F)cc2c1n1ccnc1c(=O)n2-c1cccnc1C. The Balaban J connectivity index is 2.29.